The molecule has 0 fully saturated rings. The first kappa shape index (κ1) is 22.9. The first-order valence-corrected chi connectivity index (χ1v) is 11.2. The number of rotatable bonds is 13. The van der Waals surface area contributed by atoms with Crippen LogP contribution in [0.1, 0.15) is 71.0 Å². The molecule has 29 heavy (non-hydrogen) atoms. The summed E-state index contributed by atoms with van der Waals surface area (Å²) in [4.78, 5) is 24.0. The van der Waals surface area contributed by atoms with E-state index in [1.807, 2.05) is 35.7 Å². The van der Waals surface area contributed by atoms with Gasteiger partial charge >= 0.3 is 11.9 Å². The van der Waals surface area contributed by atoms with Gasteiger partial charge in [-0.2, -0.15) is 0 Å². The number of thiophene rings is 1. The van der Waals surface area contributed by atoms with Crippen molar-refractivity contribution in [1.29, 1.82) is 0 Å². The number of hydrogen-bond acceptors (Lipinski definition) is 5. The second-order valence-corrected chi connectivity index (χ2v) is 7.71. The van der Waals surface area contributed by atoms with E-state index in [0.29, 0.717) is 23.7 Å². The monoisotopic (exact) mass is 414 g/mol. The van der Waals surface area contributed by atoms with E-state index in [4.69, 9.17) is 9.47 Å². The first-order valence-electron chi connectivity index (χ1n) is 10.3. The van der Waals surface area contributed by atoms with E-state index in [0.717, 1.165) is 25.7 Å². The van der Waals surface area contributed by atoms with Gasteiger partial charge in [0, 0.05) is 0 Å². The van der Waals surface area contributed by atoms with Crippen molar-refractivity contribution in [2.75, 3.05) is 13.2 Å². The number of carbonyl (C=O) groups excluding carboxylic acids is 2. The maximum Gasteiger partial charge on any atom is 0.348 e. The van der Waals surface area contributed by atoms with Gasteiger partial charge in [-0.1, -0.05) is 49.6 Å². The molecule has 0 spiro atoms. The molecule has 5 heteroatoms. The molecule has 0 aliphatic heterocycles. The second-order valence-electron chi connectivity index (χ2n) is 6.76. The molecule has 156 valence electrons. The van der Waals surface area contributed by atoms with Crippen LogP contribution in [0.3, 0.4) is 0 Å². The summed E-state index contributed by atoms with van der Waals surface area (Å²) >= 11 is 1.41. The van der Waals surface area contributed by atoms with E-state index in [1.54, 1.807) is 13.0 Å². The number of allylic oxidation sites excluding steroid dienone is 2. The van der Waals surface area contributed by atoms with E-state index in [9.17, 15) is 9.59 Å². The summed E-state index contributed by atoms with van der Waals surface area (Å²) in [7, 11) is 0. The normalized spacial score (nSPS) is 10.9. The Hall–Kier alpha value is -2.40. The fourth-order valence-corrected chi connectivity index (χ4v) is 3.47. The SMILES string of the molecule is CCOC(=O)c1ccc(C/C=C/CCCCCCCOC(=O)c2cccs2)cc1. The summed E-state index contributed by atoms with van der Waals surface area (Å²) in [6.07, 6.45) is 11.9. The Morgan fingerprint density at radius 2 is 1.66 bits per heavy atom. The van der Waals surface area contributed by atoms with Gasteiger partial charge in [-0.05, 0) is 61.7 Å². The van der Waals surface area contributed by atoms with Crippen molar-refractivity contribution in [1.82, 2.24) is 0 Å². The second kappa shape index (κ2) is 13.7. The highest BCUT2D eigenvalue weighted by Gasteiger charge is 2.07. The fourth-order valence-electron chi connectivity index (χ4n) is 2.85. The summed E-state index contributed by atoms with van der Waals surface area (Å²) in [6.45, 7) is 2.71. The number of ether oxygens (including phenoxy) is 2. The lowest BCUT2D eigenvalue weighted by Gasteiger charge is -2.03. The van der Waals surface area contributed by atoms with E-state index in [-0.39, 0.29) is 11.9 Å². The van der Waals surface area contributed by atoms with Crippen LogP contribution in [0.15, 0.2) is 53.9 Å². The molecule has 2 rings (SSSR count). The van der Waals surface area contributed by atoms with Crippen molar-refractivity contribution in [3.63, 3.8) is 0 Å². The van der Waals surface area contributed by atoms with Crippen molar-refractivity contribution >= 4 is 23.3 Å². The predicted molar refractivity (Wildman–Crippen MR) is 118 cm³/mol. The lowest BCUT2D eigenvalue weighted by atomic mass is 10.1. The maximum absolute atomic E-state index is 11.7. The highest BCUT2D eigenvalue weighted by molar-refractivity contribution is 7.11. The topological polar surface area (TPSA) is 52.6 Å². The van der Waals surface area contributed by atoms with Gasteiger partial charge in [0.15, 0.2) is 0 Å². The third kappa shape index (κ3) is 9.09. The third-order valence-corrected chi connectivity index (χ3v) is 5.31. The van der Waals surface area contributed by atoms with Crippen molar-refractivity contribution in [3.8, 4) is 0 Å². The van der Waals surface area contributed by atoms with Crippen molar-refractivity contribution < 1.29 is 19.1 Å². The van der Waals surface area contributed by atoms with Gasteiger partial charge in [0.2, 0.25) is 0 Å². The Kier molecular flexibility index (Phi) is 10.8. The molecule has 0 bridgehead atoms. The smallest absolute Gasteiger partial charge is 0.348 e. The van der Waals surface area contributed by atoms with E-state index in [1.165, 1.54) is 36.2 Å². The van der Waals surface area contributed by atoms with Crippen LogP contribution in [-0.4, -0.2) is 25.2 Å². The van der Waals surface area contributed by atoms with Crippen LogP contribution >= 0.6 is 11.3 Å². The van der Waals surface area contributed by atoms with E-state index >= 15 is 0 Å². The number of unbranched alkanes of at least 4 members (excludes halogenated alkanes) is 5. The van der Waals surface area contributed by atoms with Gasteiger partial charge in [0.25, 0.3) is 0 Å². The Labute approximate surface area is 177 Å². The Balaban J connectivity index is 1.46. The molecule has 4 nitrogen and oxygen atoms in total. The lowest BCUT2D eigenvalue weighted by molar-refractivity contribution is 0.0500. The van der Waals surface area contributed by atoms with Crippen LogP contribution in [0.25, 0.3) is 0 Å². The average molecular weight is 415 g/mol. The minimum atomic E-state index is -0.268. The predicted octanol–water partition coefficient (Wildman–Crippen LogP) is 6.22. The number of esters is 2. The lowest BCUT2D eigenvalue weighted by Crippen LogP contribution is -2.04. The molecule has 1 aromatic heterocycles. The zero-order valence-electron chi connectivity index (χ0n) is 17.1. The van der Waals surface area contributed by atoms with Gasteiger partial charge in [-0.25, -0.2) is 9.59 Å². The van der Waals surface area contributed by atoms with Gasteiger partial charge in [0.05, 0.1) is 18.8 Å². The maximum atomic E-state index is 11.7. The molecule has 0 aliphatic carbocycles. The molecule has 0 aliphatic rings. The highest BCUT2D eigenvalue weighted by atomic mass is 32.1. The van der Waals surface area contributed by atoms with Gasteiger partial charge < -0.3 is 9.47 Å². The summed E-state index contributed by atoms with van der Waals surface area (Å²) in [5, 5.41) is 1.88. The summed E-state index contributed by atoms with van der Waals surface area (Å²) in [6, 6.07) is 11.2. The highest BCUT2D eigenvalue weighted by Crippen LogP contribution is 2.12. The van der Waals surface area contributed by atoms with Gasteiger partial charge in [-0.15, -0.1) is 11.3 Å². The van der Waals surface area contributed by atoms with Gasteiger partial charge in [-0.3, -0.25) is 0 Å². The van der Waals surface area contributed by atoms with E-state index < -0.39 is 0 Å². The van der Waals surface area contributed by atoms with Crippen LogP contribution in [0.5, 0.6) is 0 Å². The Morgan fingerprint density at radius 3 is 2.38 bits per heavy atom. The molecule has 1 aromatic carbocycles. The molecule has 1 heterocycles. The minimum absolute atomic E-state index is 0.208. The van der Waals surface area contributed by atoms with Crippen LogP contribution in [0, 0.1) is 0 Å². The minimum Gasteiger partial charge on any atom is -0.462 e. The summed E-state index contributed by atoms with van der Waals surface area (Å²) < 4.78 is 10.2. The quantitative estimate of drug-likeness (QED) is 0.222. The Morgan fingerprint density at radius 1 is 0.897 bits per heavy atom. The molecule has 0 saturated carbocycles. The Bertz CT molecular complexity index is 748. The first-order chi connectivity index (χ1) is 14.2. The number of benzene rings is 1. The molecule has 0 saturated heterocycles. The standard InChI is InChI=1S/C24H30O4S/c1-2-27-23(25)21-16-14-20(15-17-21)12-9-7-5-3-4-6-8-10-18-28-24(26)22-13-11-19-29-22/h7,9,11,13-17,19H,2-6,8,10,12,18H2,1H3/b9-7+. The van der Waals surface area contributed by atoms with Crippen molar-refractivity contribution in [2.24, 2.45) is 0 Å². The van der Waals surface area contributed by atoms with Crippen LogP contribution in [-0.2, 0) is 15.9 Å². The molecule has 0 amide bonds. The number of hydrogen-bond donors (Lipinski definition) is 0. The molecule has 0 unspecified atom stereocenters. The fraction of sp³-hybridized carbons (Fsp3) is 0.417. The largest absolute Gasteiger partial charge is 0.462 e. The average Bonchev–Trinajstić information content (AvgIpc) is 3.27. The van der Waals surface area contributed by atoms with Crippen LogP contribution in [0.2, 0.25) is 0 Å². The molecule has 0 atom stereocenters. The van der Waals surface area contributed by atoms with Crippen LogP contribution in [0.4, 0.5) is 0 Å². The van der Waals surface area contributed by atoms with E-state index in [2.05, 4.69) is 12.2 Å². The molecular weight excluding hydrogens is 384 g/mol. The molecular formula is C24H30O4S. The molecule has 0 N–H and O–H groups in total. The van der Waals surface area contributed by atoms with Crippen LogP contribution < -0.4 is 0 Å². The third-order valence-electron chi connectivity index (χ3n) is 4.46. The zero-order chi connectivity index (χ0) is 20.7. The zero-order valence-corrected chi connectivity index (χ0v) is 17.9. The molecule has 0 radical (unpaired) electrons. The summed E-state index contributed by atoms with van der Waals surface area (Å²) in [5.41, 5.74) is 1.78. The van der Waals surface area contributed by atoms with Crippen molar-refractivity contribution in [2.45, 2.75) is 51.9 Å². The summed E-state index contributed by atoms with van der Waals surface area (Å²) in [5.74, 6) is -0.476. The van der Waals surface area contributed by atoms with Crippen molar-refractivity contribution in [3.05, 3.63) is 69.9 Å². The number of carbonyl (C=O) groups is 2. The molecule has 2 aromatic rings. The van der Waals surface area contributed by atoms with Gasteiger partial charge in [0.1, 0.15) is 4.88 Å².